The van der Waals surface area contributed by atoms with Crippen LogP contribution in [-0.2, 0) is 6.42 Å². The number of halogens is 1. The van der Waals surface area contributed by atoms with Gasteiger partial charge in [-0.15, -0.1) is 0 Å². The number of nitrogens with zero attached hydrogens (tertiary/aromatic N) is 2. The number of ether oxygens (including phenoxy) is 2. The smallest absolute Gasteiger partial charge is 0.279 e. The normalized spacial score (nSPS) is 14.9. The zero-order chi connectivity index (χ0) is 21.5. The van der Waals surface area contributed by atoms with Crippen LogP contribution in [0, 0.1) is 0 Å². The van der Waals surface area contributed by atoms with Crippen molar-refractivity contribution in [1.29, 1.82) is 0 Å². The Morgan fingerprint density at radius 3 is 2.48 bits per heavy atom. The molecule has 1 unspecified atom stereocenters. The highest BCUT2D eigenvalue weighted by Gasteiger charge is 2.28. The number of hydrogen-bond donors (Lipinski definition) is 1. The zero-order valence-electron chi connectivity index (χ0n) is 17.1. The molecule has 1 aromatic heterocycles. The summed E-state index contributed by atoms with van der Waals surface area (Å²) in [6.07, 6.45) is 0.448. The summed E-state index contributed by atoms with van der Waals surface area (Å²) in [4.78, 5) is 18.1. The SMILES string of the molecule is COc1cc2c(cc1OC)C(c1ccccc1Cl)Nn1c(nc3ccccc3c1=O)C2. The predicted octanol–water partition coefficient (Wildman–Crippen LogP) is 4.30. The van der Waals surface area contributed by atoms with Crippen LogP contribution in [0.2, 0.25) is 5.02 Å². The molecule has 1 aliphatic rings. The second kappa shape index (κ2) is 7.63. The van der Waals surface area contributed by atoms with Crippen molar-refractivity contribution in [2.24, 2.45) is 0 Å². The van der Waals surface area contributed by atoms with Crippen LogP contribution in [0.4, 0.5) is 0 Å². The van der Waals surface area contributed by atoms with Crippen molar-refractivity contribution in [3.05, 3.63) is 98.6 Å². The number of rotatable bonds is 3. The van der Waals surface area contributed by atoms with E-state index in [4.69, 9.17) is 26.1 Å². The van der Waals surface area contributed by atoms with Crippen LogP contribution < -0.4 is 20.5 Å². The van der Waals surface area contributed by atoms with Gasteiger partial charge < -0.3 is 14.9 Å². The van der Waals surface area contributed by atoms with Gasteiger partial charge in [-0.3, -0.25) is 4.79 Å². The van der Waals surface area contributed by atoms with Gasteiger partial charge in [0.15, 0.2) is 11.5 Å². The molecule has 1 aliphatic heterocycles. The van der Waals surface area contributed by atoms with Crippen LogP contribution in [0.5, 0.6) is 11.5 Å². The first-order valence-corrected chi connectivity index (χ1v) is 10.2. The highest BCUT2D eigenvalue weighted by atomic mass is 35.5. The van der Waals surface area contributed by atoms with E-state index in [0.29, 0.717) is 39.7 Å². The number of para-hydroxylation sites is 1. The minimum absolute atomic E-state index is 0.149. The fourth-order valence-electron chi connectivity index (χ4n) is 4.10. The zero-order valence-corrected chi connectivity index (χ0v) is 17.8. The second-order valence-electron chi connectivity index (χ2n) is 7.35. The van der Waals surface area contributed by atoms with Gasteiger partial charge in [0.2, 0.25) is 0 Å². The monoisotopic (exact) mass is 433 g/mol. The van der Waals surface area contributed by atoms with Crippen molar-refractivity contribution >= 4 is 22.5 Å². The van der Waals surface area contributed by atoms with Crippen LogP contribution in [0.1, 0.15) is 28.6 Å². The van der Waals surface area contributed by atoms with Crippen LogP contribution in [-0.4, -0.2) is 23.9 Å². The first-order valence-electron chi connectivity index (χ1n) is 9.87. The average Bonchev–Trinajstić information content (AvgIpc) is 2.95. The quantitative estimate of drug-likeness (QED) is 0.521. The predicted molar refractivity (Wildman–Crippen MR) is 121 cm³/mol. The molecule has 0 spiro atoms. The molecule has 5 rings (SSSR count). The first kappa shape index (κ1) is 19.5. The lowest BCUT2D eigenvalue weighted by molar-refractivity contribution is 0.354. The first-order chi connectivity index (χ1) is 15.1. The maximum atomic E-state index is 13.4. The van der Waals surface area contributed by atoms with Gasteiger partial charge in [0.25, 0.3) is 5.56 Å². The van der Waals surface area contributed by atoms with E-state index in [1.165, 1.54) is 4.68 Å². The Morgan fingerprint density at radius 1 is 1.00 bits per heavy atom. The lowest BCUT2D eigenvalue weighted by atomic mass is 9.93. The molecule has 3 aromatic carbocycles. The summed E-state index contributed by atoms with van der Waals surface area (Å²) in [5.41, 5.74) is 6.67. The van der Waals surface area contributed by atoms with E-state index in [-0.39, 0.29) is 11.6 Å². The standard InChI is InChI=1S/C24H20ClN3O3/c1-30-20-11-14-12-22-26-19-10-6-4-8-16(19)24(29)28(22)27-23(17(14)13-21(20)31-2)15-7-3-5-9-18(15)25/h3-11,13,23,27H,12H2,1-2H3. The number of benzene rings is 3. The Morgan fingerprint density at radius 2 is 1.71 bits per heavy atom. The third-order valence-corrected chi connectivity index (χ3v) is 5.97. The minimum atomic E-state index is -0.384. The lowest BCUT2D eigenvalue weighted by Crippen LogP contribution is -2.34. The third kappa shape index (κ3) is 3.20. The van der Waals surface area contributed by atoms with Gasteiger partial charge in [0, 0.05) is 11.4 Å². The molecule has 0 aliphatic carbocycles. The Hall–Kier alpha value is -3.51. The minimum Gasteiger partial charge on any atom is -0.493 e. The molecular formula is C24H20ClN3O3. The third-order valence-electron chi connectivity index (χ3n) is 5.62. The molecule has 4 aromatic rings. The molecule has 31 heavy (non-hydrogen) atoms. The van der Waals surface area contributed by atoms with E-state index in [1.54, 1.807) is 20.3 Å². The fourth-order valence-corrected chi connectivity index (χ4v) is 4.35. The van der Waals surface area contributed by atoms with Gasteiger partial charge in [-0.05, 0) is 47.0 Å². The molecule has 7 heteroatoms. The summed E-state index contributed by atoms with van der Waals surface area (Å²) in [5.74, 6) is 1.85. The largest absolute Gasteiger partial charge is 0.493 e. The molecule has 6 nitrogen and oxygen atoms in total. The van der Waals surface area contributed by atoms with E-state index >= 15 is 0 Å². The Balaban J connectivity index is 1.81. The molecule has 0 saturated carbocycles. The van der Waals surface area contributed by atoms with Crippen LogP contribution >= 0.6 is 11.6 Å². The summed E-state index contributed by atoms with van der Waals surface area (Å²) in [6, 6.07) is 18.4. The van der Waals surface area contributed by atoms with Crippen molar-refractivity contribution in [3.63, 3.8) is 0 Å². The van der Waals surface area contributed by atoms with Gasteiger partial charge in [-0.2, -0.15) is 0 Å². The van der Waals surface area contributed by atoms with Crippen molar-refractivity contribution in [2.45, 2.75) is 12.5 Å². The lowest BCUT2D eigenvalue weighted by Gasteiger charge is -2.23. The molecule has 0 bridgehead atoms. The van der Waals surface area contributed by atoms with Gasteiger partial charge in [0.05, 0.1) is 31.2 Å². The van der Waals surface area contributed by atoms with Gasteiger partial charge in [0.1, 0.15) is 5.82 Å². The van der Waals surface area contributed by atoms with Gasteiger partial charge >= 0.3 is 0 Å². The maximum absolute atomic E-state index is 13.4. The number of aromatic nitrogens is 2. The molecule has 156 valence electrons. The molecule has 0 saturated heterocycles. The summed E-state index contributed by atoms with van der Waals surface area (Å²) in [5, 5.41) is 1.16. The molecule has 2 heterocycles. The summed E-state index contributed by atoms with van der Waals surface area (Å²) in [6.45, 7) is 0. The summed E-state index contributed by atoms with van der Waals surface area (Å²) >= 11 is 6.57. The molecule has 0 amide bonds. The van der Waals surface area contributed by atoms with Crippen LogP contribution in [0.25, 0.3) is 10.9 Å². The summed E-state index contributed by atoms with van der Waals surface area (Å²) in [7, 11) is 3.21. The topological polar surface area (TPSA) is 65.4 Å². The number of hydrogen-bond acceptors (Lipinski definition) is 5. The van der Waals surface area contributed by atoms with Crippen LogP contribution in [0.3, 0.4) is 0 Å². The Labute approximate surface area is 184 Å². The summed E-state index contributed by atoms with van der Waals surface area (Å²) < 4.78 is 12.6. The van der Waals surface area contributed by atoms with Gasteiger partial charge in [-0.1, -0.05) is 41.9 Å². The van der Waals surface area contributed by atoms with E-state index in [0.717, 1.165) is 16.7 Å². The van der Waals surface area contributed by atoms with Crippen LogP contribution in [0.15, 0.2) is 65.5 Å². The Bertz CT molecular complexity index is 1370. The molecule has 1 N–H and O–H groups in total. The van der Waals surface area contributed by atoms with Gasteiger partial charge in [-0.25, -0.2) is 9.66 Å². The van der Waals surface area contributed by atoms with Crippen molar-refractivity contribution in [2.75, 3.05) is 19.6 Å². The Kier molecular flexibility index (Phi) is 4.79. The molecular weight excluding hydrogens is 414 g/mol. The second-order valence-corrected chi connectivity index (χ2v) is 7.76. The van der Waals surface area contributed by atoms with E-state index < -0.39 is 0 Å². The maximum Gasteiger partial charge on any atom is 0.279 e. The van der Waals surface area contributed by atoms with E-state index in [9.17, 15) is 4.79 Å². The van der Waals surface area contributed by atoms with Crippen molar-refractivity contribution < 1.29 is 9.47 Å². The van der Waals surface area contributed by atoms with E-state index in [2.05, 4.69) is 5.43 Å². The number of nitrogens with one attached hydrogen (secondary N) is 1. The fraction of sp³-hybridized carbons (Fsp3) is 0.167. The van der Waals surface area contributed by atoms with Crippen molar-refractivity contribution in [1.82, 2.24) is 9.66 Å². The number of methoxy groups -OCH3 is 2. The molecule has 1 atom stereocenters. The average molecular weight is 434 g/mol. The molecule has 0 radical (unpaired) electrons. The van der Waals surface area contributed by atoms with E-state index in [1.807, 2.05) is 54.6 Å². The highest BCUT2D eigenvalue weighted by Crippen LogP contribution is 2.39. The molecule has 0 fully saturated rings. The van der Waals surface area contributed by atoms with Crippen molar-refractivity contribution in [3.8, 4) is 11.5 Å². The number of fused-ring (bicyclic) bond motifs is 3. The highest BCUT2D eigenvalue weighted by molar-refractivity contribution is 6.31.